The monoisotopic (exact) mass is 143 g/mol. The van der Waals surface area contributed by atoms with Crippen LogP contribution in [0.25, 0.3) is 0 Å². The van der Waals surface area contributed by atoms with Gasteiger partial charge in [-0.25, -0.2) is 4.79 Å². The molecule has 0 aromatic rings. The van der Waals surface area contributed by atoms with E-state index in [2.05, 4.69) is 11.9 Å². The number of nitrogens with one attached hydrogen (secondary N) is 1. The Morgan fingerprint density at radius 1 is 1.70 bits per heavy atom. The Hall–Kier alpha value is -0.830. The number of hydrogen-bond acceptors (Lipinski definition) is 3. The Bertz CT molecular complexity index is 141. The summed E-state index contributed by atoms with van der Waals surface area (Å²) in [4.78, 5) is 10.6. The number of hydrogen-bond donors (Lipinski definition) is 1. The molecule has 0 spiro atoms. The zero-order valence-corrected chi connectivity index (χ0v) is 6.60. The minimum Gasteiger partial charge on any atom is -0.441 e. The zero-order chi connectivity index (χ0) is 8.20. The molecule has 1 N–H and O–H groups in total. The highest BCUT2D eigenvalue weighted by atomic mass is 16.6. The first-order chi connectivity index (χ1) is 4.52. The molecule has 3 heteroatoms. The fraction of sp³-hybridized carbons (Fsp3) is 0.571. The van der Waals surface area contributed by atoms with Crippen molar-refractivity contribution >= 4 is 5.97 Å². The predicted octanol–water partition coefficient (Wildman–Crippen LogP) is 0.671. The minimum atomic E-state index is -0.606. The van der Waals surface area contributed by atoms with E-state index < -0.39 is 11.7 Å². The van der Waals surface area contributed by atoms with E-state index in [9.17, 15) is 4.79 Å². The number of carbonyl (C=O) groups is 1. The van der Waals surface area contributed by atoms with E-state index in [1.54, 1.807) is 20.9 Å². The van der Waals surface area contributed by atoms with Crippen LogP contribution in [0.2, 0.25) is 0 Å². The van der Waals surface area contributed by atoms with Gasteiger partial charge in [0.2, 0.25) is 0 Å². The van der Waals surface area contributed by atoms with Gasteiger partial charge in [0.05, 0.1) is 0 Å². The first-order valence-electron chi connectivity index (χ1n) is 3.06. The summed E-state index contributed by atoms with van der Waals surface area (Å²) in [6, 6.07) is 0. The van der Waals surface area contributed by atoms with E-state index in [-0.39, 0.29) is 0 Å². The molecule has 0 amide bonds. The zero-order valence-electron chi connectivity index (χ0n) is 6.60. The molecule has 0 aromatic heterocycles. The molecule has 0 aliphatic heterocycles. The van der Waals surface area contributed by atoms with Crippen molar-refractivity contribution in [1.29, 1.82) is 0 Å². The fourth-order valence-electron chi connectivity index (χ4n) is 0.344. The van der Waals surface area contributed by atoms with Gasteiger partial charge in [-0.1, -0.05) is 6.58 Å². The first-order valence-corrected chi connectivity index (χ1v) is 3.06. The third-order valence-electron chi connectivity index (χ3n) is 1.12. The van der Waals surface area contributed by atoms with Crippen LogP contribution in [-0.4, -0.2) is 18.7 Å². The van der Waals surface area contributed by atoms with Gasteiger partial charge in [0, 0.05) is 6.08 Å². The quantitative estimate of drug-likeness (QED) is 0.358. The highest BCUT2D eigenvalue weighted by Crippen LogP contribution is 2.02. The smallest absolute Gasteiger partial charge is 0.331 e. The first kappa shape index (κ1) is 9.17. The molecular formula is C7H13NO2. The highest BCUT2D eigenvalue weighted by Gasteiger charge is 2.17. The van der Waals surface area contributed by atoms with Gasteiger partial charge in [-0.2, -0.15) is 0 Å². The normalized spacial score (nSPS) is 10.7. The van der Waals surface area contributed by atoms with Crippen molar-refractivity contribution < 1.29 is 9.53 Å². The van der Waals surface area contributed by atoms with Gasteiger partial charge >= 0.3 is 5.97 Å². The van der Waals surface area contributed by atoms with Crippen molar-refractivity contribution in [3.63, 3.8) is 0 Å². The molecular weight excluding hydrogens is 130 g/mol. The molecule has 0 heterocycles. The molecule has 0 fully saturated rings. The average molecular weight is 143 g/mol. The highest BCUT2D eigenvalue weighted by molar-refractivity contribution is 5.81. The van der Waals surface area contributed by atoms with Crippen molar-refractivity contribution in [2.75, 3.05) is 7.05 Å². The van der Waals surface area contributed by atoms with E-state index in [1.165, 1.54) is 0 Å². The molecule has 0 atom stereocenters. The van der Waals surface area contributed by atoms with Gasteiger partial charge in [0.1, 0.15) is 0 Å². The Morgan fingerprint density at radius 3 is 2.50 bits per heavy atom. The summed E-state index contributed by atoms with van der Waals surface area (Å²) in [7, 11) is 1.72. The second-order valence-electron chi connectivity index (χ2n) is 2.39. The van der Waals surface area contributed by atoms with Gasteiger partial charge in [-0.15, -0.1) is 0 Å². The fourth-order valence-corrected chi connectivity index (χ4v) is 0.344. The summed E-state index contributed by atoms with van der Waals surface area (Å²) in [5.74, 6) is -0.417. The minimum absolute atomic E-state index is 0.417. The Labute approximate surface area is 61.1 Å². The summed E-state index contributed by atoms with van der Waals surface area (Å²) in [5.41, 5.74) is -0.606. The molecule has 0 saturated heterocycles. The van der Waals surface area contributed by atoms with Crippen molar-refractivity contribution in [1.82, 2.24) is 5.32 Å². The molecule has 3 nitrogen and oxygen atoms in total. The third-order valence-corrected chi connectivity index (χ3v) is 1.12. The maximum Gasteiger partial charge on any atom is 0.331 e. The molecule has 10 heavy (non-hydrogen) atoms. The van der Waals surface area contributed by atoms with E-state index in [4.69, 9.17) is 4.74 Å². The van der Waals surface area contributed by atoms with Crippen LogP contribution in [-0.2, 0) is 9.53 Å². The summed E-state index contributed by atoms with van der Waals surface area (Å²) < 4.78 is 4.87. The van der Waals surface area contributed by atoms with Gasteiger partial charge in [-0.05, 0) is 20.9 Å². The van der Waals surface area contributed by atoms with Gasteiger partial charge < -0.3 is 4.74 Å². The topological polar surface area (TPSA) is 38.3 Å². The molecule has 0 aliphatic carbocycles. The molecule has 0 rings (SSSR count). The lowest BCUT2D eigenvalue weighted by Gasteiger charge is -2.23. The number of esters is 1. The summed E-state index contributed by atoms with van der Waals surface area (Å²) in [6.45, 7) is 6.79. The Morgan fingerprint density at radius 2 is 2.20 bits per heavy atom. The second kappa shape index (κ2) is 3.37. The number of carbonyl (C=O) groups excluding carboxylic acids is 1. The molecule has 0 unspecified atom stereocenters. The van der Waals surface area contributed by atoms with E-state index >= 15 is 0 Å². The van der Waals surface area contributed by atoms with Crippen molar-refractivity contribution in [3.8, 4) is 0 Å². The average Bonchev–Trinajstić information content (AvgIpc) is 1.87. The Balaban J connectivity index is 3.87. The summed E-state index contributed by atoms with van der Waals surface area (Å²) >= 11 is 0. The van der Waals surface area contributed by atoms with Crippen LogP contribution < -0.4 is 5.32 Å². The maximum absolute atomic E-state index is 10.6. The van der Waals surface area contributed by atoms with E-state index in [0.29, 0.717) is 0 Å². The summed E-state index contributed by atoms with van der Waals surface area (Å²) in [5, 5.41) is 2.82. The summed E-state index contributed by atoms with van der Waals surface area (Å²) in [6.07, 6.45) is 1.14. The molecule has 0 aromatic carbocycles. The van der Waals surface area contributed by atoms with E-state index in [1.807, 2.05) is 0 Å². The second-order valence-corrected chi connectivity index (χ2v) is 2.39. The SMILES string of the molecule is C=CC(=O)OC(C)(C)NC. The van der Waals surface area contributed by atoms with Gasteiger partial charge in [0.15, 0.2) is 5.72 Å². The van der Waals surface area contributed by atoms with Crippen molar-refractivity contribution in [2.24, 2.45) is 0 Å². The van der Waals surface area contributed by atoms with Crippen LogP contribution >= 0.6 is 0 Å². The molecule has 0 bridgehead atoms. The van der Waals surface area contributed by atoms with Crippen LogP contribution in [0.5, 0.6) is 0 Å². The lowest BCUT2D eigenvalue weighted by atomic mass is 10.3. The number of rotatable bonds is 3. The maximum atomic E-state index is 10.6. The lowest BCUT2D eigenvalue weighted by Crippen LogP contribution is -2.40. The third kappa shape index (κ3) is 3.25. The van der Waals surface area contributed by atoms with Crippen LogP contribution in [0.3, 0.4) is 0 Å². The molecule has 58 valence electrons. The Kier molecular flexibility index (Phi) is 3.09. The lowest BCUT2D eigenvalue weighted by molar-refractivity contribution is -0.152. The number of ether oxygens (including phenoxy) is 1. The van der Waals surface area contributed by atoms with Crippen LogP contribution in [0, 0.1) is 0 Å². The van der Waals surface area contributed by atoms with Crippen LogP contribution in [0.4, 0.5) is 0 Å². The van der Waals surface area contributed by atoms with Crippen LogP contribution in [0.1, 0.15) is 13.8 Å². The van der Waals surface area contributed by atoms with Gasteiger partial charge in [-0.3, -0.25) is 5.32 Å². The molecule has 0 radical (unpaired) electrons. The van der Waals surface area contributed by atoms with Gasteiger partial charge in [0.25, 0.3) is 0 Å². The largest absolute Gasteiger partial charge is 0.441 e. The van der Waals surface area contributed by atoms with Crippen LogP contribution in [0.15, 0.2) is 12.7 Å². The van der Waals surface area contributed by atoms with Crippen molar-refractivity contribution in [2.45, 2.75) is 19.6 Å². The molecule has 0 saturated carbocycles. The standard InChI is InChI=1S/C7H13NO2/c1-5-6(9)10-7(2,3)8-4/h5,8H,1H2,2-4H3. The van der Waals surface area contributed by atoms with E-state index in [0.717, 1.165) is 6.08 Å². The van der Waals surface area contributed by atoms with Crippen molar-refractivity contribution in [3.05, 3.63) is 12.7 Å². The molecule has 0 aliphatic rings. The predicted molar refractivity (Wildman–Crippen MR) is 39.4 cm³/mol.